The van der Waals surface area contributed by atoms with Crippen LogP contribution >= 0.6 is 0 Å². The monoisotopic (exact) mass is 188 g/mol. The minimum Gasteiger partial charge on any atom is -0.314 e. The van der Waals surface area contributed by atoms with Gasteiger partial charge in [-0.3, -0.25) is 0 Å². The van der Waals surface area contributed by atoms with Crippen molar-refractivity contribution in [3.63, 3.8) is 0 Å². The fourth-order valence-electron chi connectivity index (χ4n) is 0.953. The highest BCUT2D eigenvalue weighted by atomic mass is 15.1. The number of hydrogen-bond donors (Lipinski definition) is 2. The van der Waals surface area contributed by atoms with Gasteiger partial charge in [-0.15, -0.1) is 0 Å². The second kappa shape index (κ2) is 10.0. The number of rotatable bonds is 0. The summed E-state index contributed by atoms with van der Waals surface area (Å²) in [6.07, 6.45) is 1.25. The number of piperazine rings is 1. The van der Waals surface area contributed by atoms with Crippen LogP contribution in [0.15, 0.2) is 0 Å². The summed E-state index contributed by atoms with van der Waals surface area (Å²) in [4.78, 5) is 0. The molecule has 0 saturated carbocycles. The molecule has 0 amide bonds. The van der Waals surface area contributed by atoms with Gasteiger partial charge in [0.05, 0.1) is 0 Å². The van der Waals surface area contributed by atoms with Crippen molar-refractivity contribution in [3.05, 3.63) is 0 Å². The van der Waals surface area contributed by atoms with E-state index in [1.165, 1.54) is 6.42 Å². The van der Waals surface area contributed by atoms with Crippen molar-refractivity contribution in [2.24, 2.45) is 0 Å². The van der Waals surface area contributed by atoms with Crippen LogP contribution < -0.4 is 10.6 Å². The van der Waals surface area contributed by atoms with Gasteiger partial charge in [0.1, 0.15) is 0 Å². The standard InChI is InChI=1S/C6H14N2.C3H8.C2H6/c1-6(2)5-7-3-4-8-6;1-3-2;1-2/h7-8H,3-5H2,1-2H3;3H2,1-2H3;1-2H3. The van der Waals surface area contributed by atoms with Gasteiger partial charge in [0.25, 0.3) is 0 Å². The van der Waals surface area contributed by atoms with Gasteiger partial charge in [0.2, 0.25) is 0 Å². The molecule has 1 heterocycles. The van der Waals surface area contributed by atoms with Crippen molar-refractivity contribution in [2.45, 2.75) is 53.5 Å². The maximum Gasteiger partial charge on any atom is 0.0250 e. The first kappa shape index (κ1) is 15.4. The lowest BCUT2D eigenvalue weighted by molar-refractivity contribution is 0.323. The Morgan fingerprint density at radius 3 is 1.69 bits per heavy atom. The van der Waals surface area contributed by atoms with Crippen molar-refractivity contribution in [1.82, 2.24) is 10.6 Å². The fraction of sp³-hybridized carbons (Fsp3) is 1.00. The quantitative estimate of drug-likeness (QED) is 0.610. The topological polar surface area (TPSA) is 24.1 Å². The first-order valence-corrected chi connectivity index (χ1v) is 5.58. The van der Waals surface area contributed by atoms with Crippen molar-refractivity contribution < 1.29 is 0 Å². The van der Waals surface area contributed by atoms with Gasteiger partial charge in [0, 0.05) is 25.2 Å². The Bertz CT molecular complexity index is 82.1. The second-order valence-corrected chi connectivity index (χ2v) is 3.69. The van der Waals surface area contributed by atoms with Gasteiger partial charge in [-0.25, -0.2) is 0 Å². The van der Waals surface area contributed by atoms with Crippen molar-refractivity contribution in [3.8, 4) is 0 Å². The summed E-state index contributed by atoms with van der Waals surface area (Å²) in [6.45, 7) is 16.0. The van der Waals surface area contributed by atoms with Crippen molar-refractivity contribution in [1.29, 1.82) is 0 Å². The predicted molar refractivity (Wildman–Crippen MR) is 62.3 cm³/mol. The third-order valence-corrected chi connectivity index (χ3v) is 1.47. The molecule has 1 fully saturated rings. The molecule has 1 aliphatic rings. The molecule has 1 rings (SSSR count). The van der Waals surface area contributed by atoms with Gasteiger partial charge in [0.15, 0.2) is 0 Å². The largest absolute Gasteiger partial charge is 0.314 e. The summed E-state index contributed by atoms with van der Waals surface area (Å²) in [5, 5.41) is 6.71. The van der Waals surface area contributed by atoms with Crippen LogP contribution in [0.25, 0.3) is 0 Å². The van der Waals surface area contributed by atoms with E-state index < -0.39 is 0 Å². The van der Waals surface area contributed by atoms with E-state index in [-0.39, 0.29) is 0 Å². The van der Waals surface area contributed by atoms with Crippen LogP contribution in [0.2, 0.25) is 0 Å². The summed E-state index contributed by atoms with van der Waals surface area (Å²) in [7, 11) is 0. The second-order valence-electron chi connectivity index (χ2n) is 3.69. The lowest BCUT2D eigenvalue weighted by atomic mass is 10.0. The summed E-state index contributed by atoms with van der Waals surface area (Å²) in [5.41, 5.74) is 0.318. The molecular formula is C11H28N2. The van der Waals surface area contributed by atoms with Crippen LogP contribution in [-0.4, -0.2) is 25.2 Å². The predicted octanol–water partition coefficient (Wildman–Crippen LogP) is 2.40. The minimum absolute atomic E-state index is 0.318. The Balaban J connectivity index is 0. The van der Waals surface area contributed by atoms with Crippen LogP contribution in [-0.2, 0) is 0 Å². The van der Waals surface area contributed by atoms with Crippen molar-refractivity contribution in [2.75, 3.05) is 19.6 Å². The SMILES string of the molecule is CC.CC1(C)CNCCN1.CCC. The zero-order valence-corrected chi connectivity index (χ0v) is 10.3. The molecule has 0 aromatic carbocycles. The van der Waals surface area contributed by atoms with E-state index in [0.717, 1.165) is 19.6 Å². The highest BCUT2D eigenvalue weighted by Gasteiger charge is 2.18. The average molecular weight is 188 g/mol. The van der Waals surface area contributed by atoms with E-state index in [4.69, 9.17) is 0 Å². The molecule has 2 heteroatoms. The molecule has 2 N–H and O–H groups in total. The Kier molecular flexibility index (Phi) is 11.8. The zero-order valence-electron chi connectivity index (χ0n) is 10.3. The van der Waals surface area contributed by atoms with Crippen LogP contribution in [0.3, 0.4) is 0 Å². The molecule has 0 spiro atoms. The molecule has 1 aliphatic heterocycles. The summed E-state index contributed by atoms with van der Waals surface area (Å²) >= 11 is 0. The highest BCUT2D eigenvalue weighted by molar-refractivity contribution is 4.83. The van der Waals surface area contributed by atoms with E-state index in [0.29, 0.717) is 5.54 Å². The molecular weight excluding hydrogens is 160 g/mol. The molecule has 0 aromatic heterocycles. The van der Waals surface area contributed by atoms with Crippen LogP contribution in [0, 0.1) is 0 Å². The number of hydrogen-bond acceptors (Lipinski definition) is 2. The van der Waals surface area contributed by atoms with Crippen molar-refractivity contribution >= 4 is 0 Å². The molecule has 0 aliphatic carbocycles. The highest BCUT2D eigenvalue weighted by Crippen LogP contribution is 2.00. The Labute approximate surface area is 84.5 Å². The Morgan fingerprint density at radius 2 is 1.54 bits per heavy atom. The lowest BCUT2D eigenvalue weighted by Crippen LogP contribution is -2.55. The normalized spacial score (nSPS) is 18.9. The molecule has 2 nitrogen and oxygen atoms in total. The molecule has 0 unspecified atom stereocenters. The maximum atomic E-state index is 3.40. The van der Waals surface area contributed by atoms with E-state index in [2.05, 4.69) is 38.3 Å². The average Bonchev–Trinajstić information content (AvgIpc) is 2.09. The Hall–Kier alpha value is -0.0800. The Morgan fingerprint density at radius 1 is 1.08 bits per heavy atom. The van der Waals surface area contributed by atoms with Gasteiger partial charge in [-0.05, 0) is 13.8 Å². The summed E-state index contributed by atoms with van der Waals surface area (Å²) in [5.74, 6) is 0. The van der Waals surface area contributed by atoms with Crippen LogP contribution in [0.5, 0.6) is 0 Å². The van der Waals surface area contributed by atoms with E-state index in [1.807, 2.05) is 13.8 Å². The van der Waals surface area contributed by atoms with Gasteiger partial charge in [-0.2, -0.15) is 0 Å². The molecule has 82 valence electrons. The number of nitrogens with one attached hydrogen (secondary N) is 2. The summed E-state index contributed by atoms with van der Waals surface area (Å²) in [6, 6.07) is 0. The van der Waals surface area contributed by atoms with E-state index >= 15 is 0 Å². The maximum absolute atomic E-state index is 3.40. The molecule has 0 radical (unpaired) electrons. The first-order chi connectivity index (χ1) is 6.12. The first-order valence-electron chi connectivity index (χ1n) is 5.58. The minimum atomic E-state index is 0.318. The molecule has 0 atom stereocenters. The molecule has 1 saturated heterocycles. The summed E-state index contributed by atoms with van der Waals surface area (Å²) < 4.78 is 0. The smallest absolute Gasteiger partial charge is 0.0250 e. The van der Waals surface area contributed by atoms with Gasteiger partial charge in [-0.1, -0.05) is 34.1 Å². The fourth-order valence-corrected chi connectivity index (χ4v) is 0.953. The van der Waals surface area contributed by atoms with E-state index in [9.17, 15) is 0 Å². The third-order valence-electron chi connectivity index (χ3n) is 1.47. The van der Waals surface area contributed by atoms with E-state index in [1.54, 1.807) is 0 Å². The zero-order chi connectivity index (χ0) is 10.7. The van der Waals surface area contributed by atoms with Gasteiger partial charge < -0.3 is 10.6 Å². The third kappa shape index (κ3) is 11.9. The molecule has 0 bridgehead atoms. The van der Waals surface area contributed by atoms with Crippen LogP contribution in [0.1, 0.15) is 48.0 Å². The lowest BCUT2D eigenvalue weighted by Gasteiger charge is -2.31. The molecule has 0 aromatic rings. The van der Waals surface area contributed by atoms with Gasteiger partial charge >= 0.3 is 0 Å². The molecule has 13 heavy (non-hydrogen) atoms. The van der Waals surface area contributed by atoms with Crippen LogP contribution in [0.4, 0.5) is 0 Å².